The van der Waals surface area contributed by atoms with E-state index < -0.39 is 6.10 Å². The monoisotopic (exact) mass is 310 g/mol. The average Bonchev–Trinajstić information content (AvgIpc) is 2.45. The van der Waals surface area contributed by atoms with Gasteiger partial charge in [0.15, 0.2) is 0 Å². The first-order chi connectivity index (χ1) is 9.59. The molecule has 0 aliphatic carbocycles. The number of aliphatic hydroxyl groups is 1. The van der Waals surface area contributed by atoms with Crippen molar-refractivity contribution in [2.75, 3.05) is 6.54 Å². The molecule has 104 valence electrons. The molecule has 0 saturated carbocycles. The van der Waals surface area contributed by atoms with Gasteiger partial charge in [-0.3, -0.25) is 9.78 Å². The molecule has 0 fully saturated rings. The number of benzene rings is 1. The SMILES string of the molecule is O=C(NCC(O)c1c(Cl)cccc1Cl)c1ccccn1. The van der Waals surface area contributed by atoms with E-state index in [1.165, 1.54) is 6.20 Å². The summed E-state index contributed by atoms with van der Waals surface area (Å²) in [6.07, 6.45) is 0.542. The molecule has 0 saturated heterocycles. The highest BCUT2D eigenvalue weighted by Crippen LogP contribution is 2.29. The molecule has 0 bridgehead atoms. The van der Waals surface area contributed by atoms with Crippen molar-refractivity contribution in [1.82, 2.24) is 10.3 Å². The van der Waals surface area contributed by atoms with E-state index in [0.29, 0.717) is 15.6 Å². The highest BCUT2D eigenvalue weighted by atomic mass is 35.5. The van der Waals surface area contributed by atoms with Crippen LogP contribution in [-0.4, -0.2) is 22.5 Å². The Labute approximate surface area is 126 Å². The second-order valence-electron chi connectivity index (χ2n) is 4.08. The Morgan fingerprint density at radius 1 is 1.20 bits per heavy atom. The van der Waals surface area contributed by atoms with Gasteiger partial charge in [-0.1, -0.05) is 35.3 Å². The number of pyridine rings is 1. The van der Waals surface area contributed by atoms with Crippen LogP contribution in [0.1, 0.15) is 22.2 Å². The number of carbonyl (C=O) groups is 1. The van der Waals surface area contributed by atoms with Crippen molar-refractivity contribution in [3.8, 4) is 0 Å². The van der Waals surface area contributed by atoms with Gasteiger partial charge < -0.3 is 10.4 Å². The Bertz CT molecular complexity index is 585. The van der Waals surface area contributed by atoms with Crippen molar-refractivity contribution < 1.29 is 9.90 Å². The number of hydrogen-bond acceptors (Lipinski definition) is 3. The third kappa shape index (κ3) is 3.48. The summed E-state index contributed by atoms with van der Waals surface area (Å²) in [7, 11) is 0. The molecule has 2 aromatic rings. The molecule has 0 aliphatic heterocycles. The topological polar surface area (TPSA) is 62.2 Å². The van der Waals surface area contributed by atoms with Gasteiger partial charge in [0, 0.05) is 28.4 Å². The van der Waals surface area contributed by atoms with Crippen LogP contribution in [0.15, 0.2) is 42.6 Å². The van der Waals surface area contributed by atoms with E-state index >= 15 is 0 Å². The fourth-order valence-electron chi connectivity index (χ4n) is 1.71. The largest absolute Gasteiger partial charge is 0.386 e. The zero-order chi connectivity index (χ0) is 14.5. The van der Waals surface area contributed by atoms with Gasteiger partial charge in [-0.15, -0.1) is 0 Å². The summed E-state index contributed by atoms with van der Waals surface area (Å²) in [5, 5.41) is 13.4. The van der Waals surface area contributed by atoms with Gasteiger partial charge in [-0.25, -0.2) is 0 Å². The van der Waals surface area contributed by atoms with Crippen LogP contribution in [0.25, 0.3) is 0 Å². The average molecular weight is 311 g/mol. The third-order valence-electron chi connectivity index (χ3n) is 2.69. The molecule has 1 amide bonds. The van der Waals surface area contributed by atoms with Gasteiger partial charge in [0.25, 0.3) is 5.91 Å². The van der Waals surface area contributed by atoms with Crippen molar-refractivity contribution in [3.05, 3.63) is 63.9 Å². The third-order valence-corrected chi connectivity index (χ3v) is 3.35. The minimum Gasteiger partial charge on any atom is -0.386 e. The van der Waals surface area contributed by atoms with Crippen LogP contribution in [-0.2, 0) is 0 Å². The number of aromatic nitrogens is 1. The maximum atomic E-state index is 11.8. The van der Waals surface area contributed by atoms with E-state index in [9.17, 15) is 9.90 Å². The number of rotatable bonds is 4. The quantitative estimate of drug-likeness (QED) is 0.912. The molecule has 1 unspecified atom stereocenters. The van der Waals surface area contributed by atoms with Crippen LogP contribution in [0.5, 0.6) is 0 Å². The molecule has 0 aliphatic rings. The Hall–Kier alpha value is -1.62. The van der Waals surface area contributed by atoms with E-state index in [2.05, 4.69) is 10.3 Å². The molecule has 1 heterocycles. The number of aliphatic hydroxyl groups excluding tert-OH is 1. The standard InChI is InChI=1S/C14H12Cl2N2O2/c15-9-4-3-5-10(16)13(9)12(19)8-18-14(20)11-6-1-2-7-17-11/h1-7,12,19H,8H2,(H,18,20). The summed E-state index contributed by atoms with van der Waals surface area (Å²) in [6, 6.07) is 9.97. The first-order valence-corrected chi connectivity index (χ1v) is 6.66. The van der Waals surface area contributed by atoms with Crippen molar-refractivity contribution >= 4 is 29.1 Å². The lowest BCUT2D eigenvalue weighted by Crippen LogP contribution is -2.29. The van der Waals surface area contributed by atoms with E-state index in [1.807, 2.05) is 0 Å². The highest BCUT2D eigenvalue weighted by molar-refractivity contribution is 6.36. The van der Waals surface area contributed by atoms with Crippen LogP contribution in [0.2, 0.25) is 10.0 Å². The molecule has 2 N–H and O–H groups in total. The first-order valence-electron chi connectivity index (χ1n) is 5.91. The fourth-order valence-corrected chi connectivity index (χ4v) is 2.36. The molecule has 0 spiro atoms. The van der Waals surface area contributed by atoms with E-state index in [0.717, 1.165) is 0 Å². The maximum absolute atomic E-state index is 11.8. The van der Waals surface area contributed by atoms with Crippen LogP contribution >= 0.6 is 23.2 Å². The minimum atomic E-state index is -0.983. The lowest BCUT2D eigenvalue weighted by Gasteiger charge is -2.15. The second kappa shape index (κ2) is 6.70. The molecule has 20 heavy (non-hydrogen) atoms. The van der Waals surface area contributed by atoms with E-state index in [4.69, 9.17) is 23.2 Å². The molecular weight excluding hydrogens is 299 g/mol. The fraction of sp³-hybridized carbons (Fsp3) is 0.143. The zero-order valence-electron chi connectivity index (χ0n) is 10.4. The number of halogens is 2. The summed E-state index contributed by atoms with van der Waals surface area (Å²) in [6.45, 7) is -0.00113. The van der Waals surface area contributed by atoms with Crippen molar-refractivity contribution in [3.63, 3.8) is 0 Å². The zero-order valence-corrected chi connectivity index (χ0v) is 11.9. The lowest BCUT2D eigenvalue weighted by atomic mass is 10.1. The minimum absolute atomic E-state index is 0.00113. The molecule has 4 nitrogen and oxygen atoms in total. The van der Waals surface area contributed by atoms with E-state index in [-0.39, 0.29) is 18.1 Å². The number of nitrogens with zero attached hydrogens (tertiary/aromatic N) is 1. The van der Waals surface area contributed by atoms with Crippen LogP contribution in [0, 0.1) is 0 Å². The molecule has 0 radical (unpaired) electrons. The summed E-state index contributed by atoms with van der Waals surface area (Å²) in [5.41, 5.74) is 0.683. The van der Waals surface area contributed by atoms with Gasteiger partial charge >= 0.3 is 0 Å². The van der Waals surface area contributed by atoms with Crippen molar-refractivity contribution in [1.29, 1.82) is 0 Å². The first kappa shape index (κ1) is 14.8. The summed E-state index contributed by atoms with van der Waals surface area (Å²) >= 11 is 12.0. The Kier molecular flexibility index (Phi) is 4.95. The molecular formula is C14H12Cl2N2O2. The Morgan fingerprint density at radius 3 is 2.50 bits per heavy atom. The number of carbonyl (C=O) groups excluding carboxylic acids is 1. The van der Waals surface area contributed by atoms with Crippen LogP contribution in [0.3, 0.4) is 0 Å². The highest BCUT2D eigenvalue weighted by Gasteiger charge is 2.16. The van der Waals surface area contributed by atoms with Gasteiger partial charge in [-0.05, 0) is 24.3 Å². The van der Waals surface area contributed by atoms with Crippen LogP contribution in [0.4, 0.5) is 0 Å². The lowest BCUT2D eigenvalue weighted by molar-refractivity contribution is 0.0911. The molecule has 1 aromatic heterocycles. The summed E-state index contributed by atoms with van der Waals surface area (Å²) in [5.74, 6) is -0.368. The van der Waals surface area contributed by atoms with Gasteiger partial charge in [-0.2, -0.15) is 0 Å². The van der Waals surface area contributed by atoms with Gasteiger partial charge in [0.1, 0.15) is 5.69 Å². The number of nitrogens with one attached hydrogen (secondary N) is 1. The van der Waals surface area contributed by atoms with Gasteiger partial charge in [0.2, 0.25) is 0 Å². The number of hydrogen-bond donors (Lipinski definition) is 2. The summed E-state index contributed by atoms with van der Waals surface area (Å²) < 4.78 is 0. The maximum Gasteiger partial charge on any atom is 0.269 e. The normalized spacial score (nSPS) is 11.9. The van der Waals surface area contributed by atoms with Gasteiger partial charge in [0.05, 0.1) is 6.10 Å². The predicted molar refractivity (Wildman–Crippen MR) is 78.0 cm³/mol. The smallest absolute Gasteiger partial charge is 0.269 e. The predicted octanol–water partition coefficient (Wildman–Crippen LogP) is 2.85. The van der Waals surface area contributed by atoms with Crippen molar-refractivity contribution in [2.45, 2.75) is 6.10 Å². The second-order valence-corrected chi connectivity index (χ2v) is 4.89. The van der Waals surface area contributed by atoms with Crippen LogP contribution < -0.4 is 5.32 Å². The molecule has 6 heteroatoms. The molecule has 2 rings (SSSR count). The van der Waals surface area contributed by atoms with Crippen molar-refractivity contribution in [2.24, 2.45) is 0 Å². The summed E-state index contributed by atoms with van der Waals surface area (Å²) in [4.78, 5) is 15.7. The Balaban J connectivity index is 2.02. The molecule has 1 atom stereocenters. The number of amides is 1. The van der Waals surface area contributed by atoms with E-state index in [1.54, 1.807) is 36.4 Å². The Morgan fingerprint density at radius 2 is 1.90 bits per heavy atom. The molecule has 1 aromatic carbocycles.